The van der Waals surface area contributed by atoms with Crippen molar-refractivity contribution in [2.45, 2.75) is 38.5 Å². The van der Waals surface area contributed by atoms with Crippen LogP contribution in [0, 0.1) is 0 Å². The van der Waals surface area contributed by atoms with Crippen molar-refractivity contribution in [1.82, 2.24) is 0 Å². The predicted octanol–water partition coefficient (Wildman–Crippen LogP) is 3.28. The Morgan fingerprint density at radius 2 is 1.91 bits per heavy atom. The lowest BCUT2D eigenvalue weighted by molar-refractivity contribution is -0.111. The van der Waals surface area contributed by atoms with Gasteiger partial charge in [-0.2, -0.15) is 0 Å². The molecular formula is C9H15ClO. The van der Waals surface area contributed by atoms with Crippen molar-refractivity contribution >= 4 is 16.8 Å². The van der Waals surface area contributed by atoms with Gasteiger partial charge in [-0.05, 0) is 30.9 Å². The average molecular weight is 175 g/mol. The molecule has 0 aliphatic heterocycles. The maximum atomic E-state index is 10.3. The molecule has 0 bridgehead atoms. The van der Waals surface area contributed by atoms with Crippen molar-refractivity contribution in [2.24, 2.45) is 0 Å². The van der Waals surface area contributed by atoms with Crippen LogP contribution in [0.1, 0.15) is 38.5 Å². The van der Waals surface area contributed by atoms with Gasteiger partial charge in [0.05, 0.1) is 0 Å². The Bertz CT molecular complexity index is 121. The second kappa shape index (κ2) is 7.80. The molecule has 0 aliphatic carbocycles. The van der Waals surface area contributed by atoms with Gasteiger partial charge in [-0.3, -0.25) is 4.79 Å². The maximum Gasteiger partial charge on any atom is 0.221 e. The van der Waals surface area contributed by atoms with E-state index >= 15 is 0 Å². The lowest BCUT2D eigenvalue weighted by Crippen LogP contribution is -1.85. The molecular weight excluding hydrogens is 160 g/mol. The van der Waals surface area contributed by atoms with E-state index in [4.69, 9.17) is 11.6 Å². The van der Waals surface area contributed by atoms with Crippen LogP contribution >= 0.6 is 11.6 Å². The first kappa shape index (κ1) is 10.7. The molecule has 0 saturated carbocycles. The quantitative estimate of drug-likeness (QED) is 0.329. The number of halogens is 1. The van der Waals surface area contributed by atoms with Gasteiger partial charge in [0.15, 0.2) is 0 Å². The van der Waals surface area contributed by atoms with Gasteiger partial charge >= 0.3 is 0 Å². The summed E-state index contributed by atoms with van der Waals surface area (Å²) in [5.41, 5.74) is 0. The van der Waals surface area contributed by atoms with Crippen LogP contribution in [0.15, 0.2) is 12.7 Å². The number of hydrogen-bond acceptors (Lipinski definition) is 1. The largest absolute Gasteiger partial charge is 0.281 e. The number of carbonyl (C=O) groups is 1. The Morgan fingerprint density at radius 3 is 2.45 bits per heavy atom. The zero-order valence-corrected chi connectivity index (χ0v) is 7.57. The number of rotatable bonds is 7. The number of hydrogen-bond donors (Lipinski definition) is 0. The predicted molar refractivity (Wildman–Crippen MR) is 48.8 cm³/mol. The van der Waals surface area contributed by atoms with Crippen molar-refractivity contribution in [3.05, 3.63) is 12.7 Å². The van der Waals surface area contributed by atoms with Crippen molar-refractivity contribution in [3.63, 3.8) is 0 Å². The normalized spacial score (nSPS) is 9.55. The Kier molecular flexibility index (Phi) is 7.59. The Hall–Kier alpha value is -0.300. The van der Waals surface area contributed by atoms with Crippen molar-refractivity contribution < 1.29 is 4.79 Å². The van der Waals surface area contributed by atoms with Crippen LogP contribution in [0.2, 0.25) is 0 Å². The summed E-state index contributed by atoms with van der Waals surface area (Å²) in [6, 6.07) is 0. The molecule has 0 aromatic rings. The van der Waals surface area contributed by atoms with Gasteiger partial charge < -0.3 is 0 Å². The van der Waals surface area contributed by atoms with Crippen LogP contribution in [0.5, 0.6) is 0 Å². The molecule has 0 aromatic heterocycles. The smallest absolute Gasteiger partial charge is 0.221 e. The van der Waals surface area contributed by atoms with Crippen LogP contribution in [-0.2, 0) is 4.79 Å². The second-order valence-electron chi connectivity index (χ2n) is 2.60. The third-order valence-electron chi connectivity index (χ3n) is 1.53. The summed E-state index contributed by atoms with van der Waals surface area (Å²) in [4.78, 5) is 10.3. The zero-order chi connectivity index (χ0) is 8.53. The van der Waals surface area contributed by atoms with E-state index in [2.05, 4.69) is 6.58 Å². The molecule has 0 spiro atoms. The van der Waals surface area contributed by atoms with Gasteiger partial charge in [0.1, 0.15) is 0 Å². The van der Waals surface area contributed by atoms with Gasteiger partial charge in [-0.1, -0.05) is 18.9 Å². The maximum absolute atomic E-state index is 10.3. The molecule has 0 radical (unpaired) electrons. The number of unbranched alkanes of at least 4 members (excludes halogenated alkanes) is 4. The van der Waals surface area contributed by atoms with Crippen LogP contribution < -0.4 is 0 Å². The fraction of sp³-hybridized carbons (Fsp3) is 0.667. The molecule has 0 rings (SSSR count). The molecule has 11 heavy (non-hydrogen) atoms. The van der Waals surface area contributed by atoms with E-state index < -0.39 is 0 Å². The van der Waals surface area contributed by atoms with Gasteiger partial charge in [0.2, 0.25) is 5.24 Å². The van der Waals surface area contributed by atoms with Gasteiger partial charge in [-0.25, -0.2) is 0 Å². The monoisotopic (exact) mass is 174 g/mol. The molecule has 1 nitrogen and oxygen atoms in total. The van der Waals surface area contributed by atoms with Crippen LogP contribution in [0.4, 0.5) is 0 Å². The highest BCUT2D eigenvalue weighted by atomic mass is 35.5. The molecule has 0 atom stereocenters. The second-order valence-corrected chi connectivity index (χ2v) is 3.02. The molecule has 0 heterocycles. The summed E-state index contributed by atoms with van der Waals surface area (Å²) in [5.74, 6) is 0. The topological polar surface area (TPSA) is 17.1 Å². The summed E-state index contributed by atoms with van der Waals surface area (Å²) >= 11 is 5.16. The van der Waals surface area contributed by atoms with Crippen LogP contribution in [-0.4, -0.2) is 5.24 Å². The molecule has 0 amide bonds. The molecule has 0 aliphatic rings. The van der Waals surface area contributed by atoms with E-state index in [1.165, 1.54) is 12.8 Å². The summed E-state index contributed by atoms with van der Waals surface area (Å²) in [6.45, 7) is 3.63. The first-order chi connectivity index (χ1) is 5.27. The Morgan fingerprint density at radius 1 is 1.27 bits per heavy atom. The van der Waals surface area contributed by atoms with Gasteiger partial charge in [0, 0.05) is 6.42 Å². The molecule has 2 heteroatoms. The van der Waals surface area contributed by atoms with Gasteiger partial charge in [0.25, 0.3) is 0 Å². The standard InChI is InChI=1S/C9H15ClO/c1-2-3-4-5-6-7-8-9(10)11/h2H,1,3-8H2. The van der Waals surface area contributed by atoms with Crippen molar-refractivity contribution in [2.75, 3.05) is 0 Å². The lowest BCUT2D eigenvalue weighted by atomic mass is 10.1. The van der Waals surface area contributed by atoms with Crippen molar-refractivity contribution in [3.8, 4) is 0 Å². The summed E-state index contributed by atoms with van der Waals surface area (Å²) in [6.07, 6.45) is 7.92. The Balaban J connectivity index is 2.90. The third-order valence-corrected chi connectivity index (χ3v) is 1.72. The third kappa shape index (κ3) is 9.70. The first-order valence-corrected chi connectivity index (χ1v) is 4.44. The van der Waals surface area contributed by atoms with E-state index in [0.717, 1.165) is 19.3 Å². The average Bonchev–Trinajstić information content (AvgIpc) is 1.96. The minimum absolute atomic E-state index is 0.214. The summed E-state index contributed by atoms with van der Waals surface area (Å²) in [7, 11) is 0. The van der Waals surface area contributed by atoms with Crippen LogP contribution in [0.25, 0.3) is 0 Å². The summed E-state index contributed by atoms with van der Waals surface area (Å²) in [5, 5.41) is -0.214. The van der Waals surface area contributed by atoms with Crippen molar-refractivity contribution in [1.29, 1.82) is 0 Å². The SMILES string of the molecule is C=CCCCCCCC(=O)Cl. The minimum Gasteiger partial charge on any atom is -0.281 e. The molecule has 0 unspecified atom stereocenters. The highest BCUT2D eigenvalue weighted by Gasteiger charge is 1.94. The molecule has 0 fully saturated rings. The Labute approximate surface area is 73.4 Å². The fourth-order valence-electron chi connectivity index (χ4n) is 0.906. The van der Waals surface area contributed by atoms with Gasteiger partial charge in [-0.15, -0.1) is 6.58 Å². The van der Waals surface area contributed by atoms with E-state index in [0.29, 0.717) is 6.42 Å². The fourth-order valence-corrected chi connectivity index (χ4v) is 1.04. The van der Waals surface area contributed by atoms with Crippen LogP contribution in [0.3, 0.4) is 0 Å². The van der Waals surface area contributed by atoms with E-state index in [-0.39, 0.29) is 5.24 Å². The zero-order valence-electron chi connectivity index (χ0n) is 6.81. The van der Waals surface area contributed by atoms with E-state index in [9.17, 15) is 4.79 Å². The first-order valence-electron chi connectivity index (χ1n) is 4.06. The summed E-state index contributed by atoms with van der Waals surface area (Å²) < 4.78 is 0. The lowest BCUT2D eigenvalue weighted by Gasteiger charge is -1.95. The highest BCUT2D eigenvalue weighted by molar-refractivity contribution is 6.63. The minimum atomic E-state index is -0.214. The van der Waals surface area contributed by atoms with E-state index in [1.54, 1.807) is 0 Å². The van der Waals surface area contributed by atoms with E-state index in [1.807, 2.05) is 6.08 Å². The molecule has 0 saturated heterocycles. The molecule has 0 aromatic carbocycles. The highest BCUT2D eigenvalue weighted by Crippen LogP contribution is 2.06. The number of carbonyl (C=O) groups excluding carboxylic acids is 1. The number of allylic oxidation sites excluding steroid dienone is 1. The molecule has 64 valence electrons. The molecule has 0 N–H and O–H groups in total.